The minimum Gasteiger partial charge on any atom is -0.300 e. The van der Waals surface area contributed by atoms with E-state index in [1.54, 1.807) is 13.8 Å². The van der Waals surface area contributed by atoms with Crippen LogP contribution in [-0.2, 0) is 9.59 Å². The number of hydrogen-bond donors (Lipinski definition) is 0. The average molecular weight is 220 g/mol. The molecule has 0 heterocycles. The van der Waals surface area contributed by atoms with Gasteiger partial charge in [0, 0.05) is 12.8 Å². The van der Waals surface area contributed by atoms with E-state index in [0.717, 1.165) is 19.3 Å². The first kappa shape index (κ1) is 12.9. The van der Waals surface area contributed by atoms with Gasteiger partial charge in [-0.1, -0.05) is 23.8 Å². The van der Waals surface area contributed by atoms with E-state index in [4.69, 9.17) is 0 Å². The summed E-state index contributed by atoms with van der Waals surface area (Å²) in [5.41, 5.74) is 1.20. The van der Waals surface area contributed by atoms with Crippen molar-refractivity contribution in [1.29, 1.82) is 0 Å². The average Bonchev–Trinajstić information content (AvgIpc) is 2.10. The third-order valence-corrected chi connectivity index (χ3v) is 2.72. The number of carbonyl (C=O) groups excluding carboxylic acids is 2. The third-order valence-electron chi connectivity index (χ3n) is 2.72. The van der Waals surface area contributed by atoms with Gasteiger partial charge in [0.15, 0.2) is 0 Å². The fourth-order valence-corrected chi connectivity index (χ4v) is 2.13. The molecule has 2 nitrogen and oxygen atoms in total. The van der Waals surface area contributed by atoms with E-state index in [-0.39, 0.29) is 17.5 Å². The van der Waals surface area contributed by atoms with Crippen LogP contribution in [0.15, 0.2) is 23.8 Å². The van der Waals surface area contributed by atoms with Gasteiger partial charge in [0.2, 0.25) is 0 Å². The van der Waals surface area contributed by atoms with E-state index in [1.807, 2.05) is 0 Å². The molecule has 0 saturated carbocycles. The molecule has 0 N–H and O–H groups in total. The number of carbonyl (C=O) groups is 2. The van der Waals surface area contributed by atoms with Gasteiger partial charge in [-0.3, -0.25) is 4.79 Å². The summed E-state index contributed by atoms with van der Waals surface area (Å²) in [6, 6.07) is 0. The summed E-state index contributed by atoms with van der Waals surface area (Å²) in [7, 11) is 0. The third kappa shape index (κ3) is 5.06. The molecule has 1 unspecified atom stereocenters. The highest BCUT2D eigenvalue weighted by molar-refractivity contribution is 5.78. The molecule has 0 aliphatic heterocycles. The molecule has 1 atom stereocenters. The van der Waals surface area contributed by atoms with Crippen molar-refractivity contribution in [2.24, 2.45) is 5.92 Å². The van der Waals surface area contributed by atoms with Gasteiger partial charge in [-0.25, -0.2) is 0 Å². The normalized spacial score (nSPS) is 20.9. The molecule has 2 heteroatoms. The van der Waals surface area contributed by atoms with E-state index < -0.39 is 0 Å². The summed E-state index contributed by atoms with van der Waals surface area (Å²) in [4.78, 5) is 22.2. The van der Waals surface area contributed by atoms with Crippen LogP contribution in [0, 0.1) is 5.92 Å². The molecule has 1 aliphatic rings. The van der Waals surface area contributed by atoms with Crippen molar-refractivity contribution >= 4 is 11.6 Å². The predicted octanol–water partition coefficient (Wildman–Crippen LogP) is 3.23. The lowest BCUT2D eigenvalue weighted by Gasteiger charge is -2.15. The fourth-order valence-electron chi connectivity index (χ4n) is 2.13. The van der Waals surface area contributed by atoms with Crippen molar-refractivity contribution in [3.63, 3.8) is 0 Å². The lowest BCUT2D eigenvalue weighted by Crippen LogP contribution is -2.07. The van der Waals surface area contributed by atoms with E-state index in [9.17, 15) is 9.59 Å². The van der Waals surface area contributed by atoms with E-state index >= 15 is 0 Å². The zero-order chi connectivity index (χ0) is 12.0. The molecule has 0 aromatic rings. The van der Waals surface area contributed by atoms with Gasteiger partial charge in [0.25, 0.3) is 0 Å². The molecular weight excluding hydrogens is 200 g/mol. The monoisotopic (exact) mass is 220 g/mol. The zero-order valence-corrected chi connectivity index (χ0v) is 10.2. The molecular formula is C14H20O2. The summed E-state index contributed by atoms with van der Waals surface area (Å²) >= 11 is 0. The van der Waals surface area contributed by atoms with E-state index in [2.05, 4.69) is 18.2 Å². The smallest absolute Gasteiger partial charge is 0.133 e. The molecule has 1 rings (SSSR count). The van der Waals surface area contributed by atoms with Crippen molar-refractivity contribution in [2.75, 3.05) is 0 Å². The van der Waals surface area contributed by atoms with Crippen LogP contribution in [0.4, 0.5) is 0 Å². The maximum absolute atomic E-state index is 11.1. The number of rotatable bonds is 4. The predicted molar refractivity (Wildman–Crippen MR) is 65.2 cm³/mol. The Morgan fingerprint density at radius 2 is 2.00 bits per heavy atom. The second kappa shape index (κ2) is 6.41. The Labute approximate surface area is 97.4 Å². The summed E-state index contributed by atoms with van der Waals surface area (Å²) in [5.74, 6) is 0.707. The van der Waals surface area contributed by atoms with Crippen LogP contribution in [0.1, 0.15) is 46.0 Å². The Hall–Kier alpha value is -1.18. The first-order valence-corrected chi connectivity index (χ1v) is 5.91. The molecule has 0 spiro atoms. The first-order chi connectivity index (χ1) is 7.58. The minimum absolute atomic E-state index is 0.206. The van der Waals surface area contributed by atoms with Crippen molar-refractivity contribution in [1.82, 2.24) is 0 Å². The van der Waals surface area contributed by atoms with Crippen LogP contribution in [0.2, 0.25) is 0 Å². The molecule has 1 aliphatic carbocycles. The quantitative estimate of drug-likeness (QED) is 0.682. The summed E-state index contributed by atoms with van der Waals surface area (Å²) in [6.45, 7) is 3.25. The van der Waals surface area contributed by atoms with Crippen LogP contribution in [0.5, 0.6) is 0 Å². The first-order valence-electron chi connectivity index (χ1n) is 5.91. The highest BCUT2D eigenvalue weighted by atomic mass is 16.1. The summed E-state index contributed by atoms with van der Waals surface area (Å²) < 4.78 is 0. The Morgan fingerprint density at radius 1 is 1.25 bits per heavy atom. The van der Waals surface area contributed by atoms with E-state index in [0.29, 0.717) is 12.8 Å². The maximum atomic E-state index is 11.1. The van der Waals surface area contributed by atoms with E-state index in [1.165, 1.54) is 5.57 Å². The Kier molecular flexibility index (Phi) is 5.17. The molecule has 0 aromatic carbocycles. The van der Waals surface area contributed by atoms with Crippen LogP contribution >= 0.6 is 0 Å². The second-order valence-corrected chi connectivity index (χ2v) is 4.62. The van der Waals surface area contributed by atoms with Gasteiger partial charge in [-0.05, 0) is 39.0 Å². The second-order valence-electron chi connectivity index (χ2n) is 4.62. The molecule has 16 heavy (non-hydrogen) atoms. The van der Waals surface area contributed by atoms with Crippen molar-refractivity contribution in [2.45, 2.75) is 46.0 Å². The van der Waals surface area contributed by atoms with Gasteiger partial charge >= 0.3 is 0 Å². The fraction of sp³-hybridized carbons (Fsp3) is 0.571. The number of ketones is 2. The molecule has 0 bridgehead atoms. The van der Waals surface area contributed by atoms with Crippen LogP contribution in [0.25, 0.3) is 0 Å². The highest BCUT2D eigenvalue weighted by Crippen LogP contribution is 2.23. The van der Waals surface area contributed by atoms with Gasteiger partial charge in [-0.2, -0.15) is 0 Å². The van der Waals surface area contributed by atoms with Crippen molar-refractivity contribution < 1.29 is 9.59 Å². The summed E-state index contributed by atoms with van der Waals surface area (Å²) in [5, 5.41) is 0. The maximum Gasteiger partial charge on any atom is 0.133 e. The van der Waals surface area contributed by atoms with Gasteiger partial charge in [-0.15, -0.1) is 0 Å². The van der Waals surface area contributed by atoms with Gasteiger partial charge < -0.3 is 4.79 Å². The zero-order valence-electron chi connectivity index (χ0n) is 10.2. The SMILES string of the molecule is CC(=O)CC1=CCCC=CC(CC(C)=O)C1. The number of Topliss-reactive ketones (excluding diaryl/α,β-unsaturated/α-hetero) is 2. The standard InChI is InChI=1S/C14H20O2/c1-11(15)8-13-6-4-3-5-7-14(10-13)9-12(2)16/h4,6-7,13H,3,5,8-10H2,1-2H3. The summed E-state index contributed by atoms with van der Waals surface area (Å²) in [6.07, 6.45) is 10.5. The molecule has 88 valence electrons. The van der Waals surface area contributed by atoms with Crippen molar-refractivity contribution in [3.05, 3.63) is 23.8 Å². The lowest BCUT2D eigenvalue weighted by molar-refractivity contribution is -0.117. The Bertz CT molecular complexity index is 324. The molecule has 0 radical (unpaired) electrons. The topological polar surface area (TPSA) is 34.1 Å². The minimum atomic E-state index is 0.206. The van der Waals surface area contributed by atoms with Crippen LogP contribution in [-0.4, -0.2) is 11.6 Å². The molecule has 0 amide bonds. The van der Waals surface area contributed by atoms with Gasteiger partial charge in [0.05, 0.1) is 0 Å². The van der Waals surface area contributed by atoms with Crippen LogP contribution < -0.4 is 0 Å². The lowest BCUT2D eigenvalue weighted by atomic mass is 9.89. The van der Waals surface area contributed by atoms with Crippen LogP contribution in [0.3, 0.4) is 0 Å². The Morgan fingerprint density at radius 3 is 2.62 bits per heavy atom. The number of hydrogen-bond acceptors (Lipinski definition) is 2. The molecule has 0 saturated heterocycles. The Balaban J connectivity index is 2.64. The highest BCUT2D eigenvalue weighted by Gasteiger charge is 2.13. The number of allylic oxidation sites excluding steroid dienone is 4. The molecule has 0 aromatic heterocycles. The largest absolute Gasteiger partial charge is 0.300 e. The van der Waals surface area contributed by atoms with Gasteiger partial charge in [0.1, 0.15) is 11.6 Å². The van der Waals surface area contributed by atoms with Crippen molar-refractivity contribution in [3.8, 4) is 0 Å². The molecule has 0 fully saturated rings.